The zero-order valence-electron chi connectivity index (χ0n) is 16.3. The van der Waals surface area contributed by atoms with Crippen molar-refractivity contribution in [1.29, 1.82) is 0 Å². The van der Waals surface area contributed by atoms with Crippen LogP contribution in [-0.4, -0.2) is 50.0 Å². The quantitative estimate of drug-likeness (QED) is 0.638. The molecule has 0 bridgehead atoms. The summed E-state index contributed by atoms with van der Waals surface area (Å²) in [7, 11) is 1.87. The predicted molar refractivity (Wildman–Crippen MR) is 112 cm³/mol. The number of hydrogen-bond donors (Lipinski definition) is 4. The van der Waals surface area contributed by atoms with Crippen LogP contribution in [0.15, 0.2) is 24.3 Å². The van der Waals surface area contributed by atoms with Gasteiger partial charge in [-0.15, -0.1) is 0 Å². The Kier molecular flexibility index (Phi) is 6.54. The van der Waals surface area contributed by atoms with Gasteiger partial charge in [0.25, 0.3) is 0 Å². The highest BCUT2D eigenvalue weighted by Crippen LogP contribution is 2.30. The van der Waals surface area contributed by atoms with E-state index in [2.05, 4.69) is 60.4 Å². The maximum absolute atomic E-state index is 5.40. The summed E-state index contributed by atoms with van der Waals surface area (Å²) in [6.45, 7) is 8.74. The van der Waals surface area contributed by atoms with Crippen molar-refractivity contribution >= 4 is 28.7 Å². The number of nitrogens with one attached hydrogen (secondary N) is 4. The number of hydrogen-bond acceptors (Lipinski definition) is 8. The molecule has 8 heteroatoms. The second kappa shape index (κ2) is 9.27. The van der Waals surface area contributed by atoms with Crippen molar-refractivity contribution in [2.24, 2.45) is 0 Å². The van der Waals surface area contributed by atoms with Gasteiger partial charge in [0.15, 0.2) is 17.5 Å². The second-order valence-electron chi connectivity index (χ2n) is 5.99. The molecule has 0 radical (unpaired) electrons. The molecule has 2 aromatic rings. The van der Waals surface area contributed by atoms with Gasteiger partial charge >= 0.3 is 0 Å². The Morgan fingerprint density at radius 2 is 1.81 bits per heavy atom. The van der Waals surface area contributed by atoms with Gasteiger partial charge in [0.1, 0.15) is 5.69 Å². The summed E-state index contributed by atoms with van der Waals surface area (Å²) in [4.78, 5) is 11.5. The van der Waals surface area contributed by atoms with Gasteiger partial charge in [0.05, 0.1) is 26.4 Å². The number of nitrogens with zero attached hydrogens (tertiary/aromatic N) is 3. The zero-order chi connectivity index (χ0) is 19.1. The van der Waals surface area contributed by atoms with Crippen LogP contribution in [0.3, 0.4) is 0 Å². The Hall–Kier alpha value is -2.74. The molecule has 1 fully saturated rings. The number of aromatic nitrogens is 2. The molecule has 0 saturated carbocycles. The third-order valence-electron chi connectivity index (χ3n) is 4.41. The Morgan fingerprint density at radius 3 is 2.52 bits per heavy atom. The Bertz CT molecular complexity index is 730. The normalized spacial score (nSPS) is 15.0. The van der Waals surface area contributed by atoms with Gasteiger partial charge in [0, 0.05) is 31.5 Å². The van der Waals surface area contributed by atoms with Gasteiger partial charge in [0.2, 0.25) is 0 Å². The molecule has 2 aliphatic heterocycles. The van der Waals surface area contributed by atoms with E-state index >= 15 is 0 Å². The van der Waals surface area contributed by atoms with Gasteiger partial charge in [-0.3, -0.25) is 0 Å². The fraction of sp³-hybridized carbons (Fsp3) is 0.474. The largest absolute Gasteiger partial charge is 0.378 e. The Labute approximate surface area is 160 Å². The van der Waals surface area contributed by atoms with Crippen LogP contribution in [0.5, 0.6) is 0 Å². The zero-order valence-corrected chi connectivity index (χ0v) is 16.3. The minimum Gasteiger partial charge on any atom is -0.378 e. The molecule has 0 aliphatic carbocycles. The summed E-state index contributed by atoms with van der Waals surface area (Å²) in [6, 6.07) is 8.47. The molecule has 1 saturated heterocycles. The minimum absolute atomic E-state index is 0.570. The van der Waals surface area contributed by atoms with Crippen LogP contribution < -0.4 is 26.2 Å². The summed E-state index contributed by atoms with van der Waals surface area (Å²) >= 11 is 0. The van der Waals surface area contributed by atoms with E-state index in [1.54, 1.807) is 0 Å². The van der Waals surface area contributed by atoms with E-state index < -0.39 is 0 Å². The topological polar surface area (TPSA) is 86.4 Å². The van der Waals surface area contributed by atoms with E-state index in [9.17, 15) is 0 Å². The average molecular weight is 371 g/mol. The van der Waals surface area contributed by atoms with Crippen LogP contribution in [0, 0.1) is 0 Å². The molecule has 146 valence electrons. The van der Waals surface area contributed by atoms with Crippen molar-refractivity contribution in [3.05, 3.63) is 30.1 Å². The molecule has 0 unspecified atom stereocenters. The van der Waals surface area contributed by atoms with E-state index in [0.29, 0.717) is 13.2 Å². The van der Waals surface area contributed by atoms with E-state index in [1.807, 2.05) is 20.9 Å². The third-order valence-corrected chi connectivity index (χ3v) is 4.41. The maximum Gasteiger partial charge on any atom is 0.156 e. The van der Waals surface area contributed by atoms with E-state index in [0.717, 1.165) is 55.1 Å². The standard InChI is InChI=1S/C17H23N7O.C2H6/c1-18-16-15-17(21-11-20-15)23-14(22-16)10-19-12-2-4-13(5-3-12)24-6-8-25-9-7-24;1-2/h2-5,19-20H,6-11H2,1H3,(H2,18,21,22,23);1-2H3. The Balaban J connectivity index is 0.00000102. The van der Waals surface area contributed by atoms with Crippen LogP contribution >= 0.6 is 0 Å². The summed E-state index contributed by atoms with van der Waals surface area (Å²) in [5, 5.41) is 12.9. The lowest BCUT2D eigenvalue weighted by Crippen LogP contribution is -2.36. The molecule has 27 heavy (non-hydrogen) atoms. The number of ether oxygens (including phenoxy) is 1. The lowest BCUT2D eigenvalue weighted by molar-refractivity contribution is 0.122. The molecule has 2 aliphatic rings. The maximum atomic E-state index is 5.40. The fourth-order valence-electron chi connectivity index (χ4n) is 3.07. The van der Waals surface area contributed by atoms with Crippen LogP contribution in [-0.2, 0) is 11.3 Å². The molecule has 1 aromatic carbocycles. The number of fused-ring (bicyclic) bond motifs is 1. The lowest BCUT2D eigenvalue weighted by atomic mass is 10.2. The molecule has 0 amide bonds. The Morgan fingerprint density at radius 1 is 1.07 bits per heavy atom. The highest BCUT2D eigenvalue weighted by molar-refractivity contribution is 5.80. The summed E-state index contributed by atoms with van der Waals surface area (Å²) < 4.78 is 5.40. The lowest BCUT2D eigenvalue weighted by Gasteiger charge is -2.28. The summed E-state index contributed by atoms with van der Waals surface area (Å²) in [5.41, 5.74) is 3.22. The van der Waals surface area contributed by atoms with E-state index in [-0.39, 0.29) is 0 Å². The second-order valence-corrected chi connectivity index (χ2v) is 5.99. The molecule has 0 atom stereocenters. The van der Waals surface area contributed by atoms with Gasteiger partial charge in [-0.1, -0.05) is 13.8 Å². The SMILES string of the molecule is CC.CNc1nc(CNc2ccc(N3CCOCC3)cc2)nc2c1NCN2. The van der Waals surface area contributed by atoms with Crippen LogP contribution in [0.1, 0.15) is 19.7 Å². The third kappa shape index (κ3) is 4.51. The highest BCUT2D eigenvalue weighted by atomic mass is 16.5. The van der Waals surface area contributed by atoms with Crippen LogP contribution in [0.25, 0.3) is 0 Å². The molecule has 8 nitrogen and oxygen atoms in total. The number of morpholine rings is 1. The number of anilines is 5. The first-order valence-electron chi connectivity index (χ1n) is 9.56. The average Bonchev–Trinajstić information content (AvgIpc) is 3.23. The van der Waals surface area contributed by atoms with Crippen LogP contribution in [0.2, 0.25) is 0 Å². The van der Waals surface area contributed by atoms with E-state index in [4.69, 9.17) is 4.74 Å². The molecule has 0 spiro atoms. The van der Waals surface area contributed by atoms with Crippen molar-refractivity contribution < 1.29 is 4.74 Å². The first-order valence-corrected chi connectivity index (χ1v) is 9.56. The minimum atomic E-state index is 0.570. The van der Waals surface area contributed by atoms with Crippen molar-refractivity contribution in [2.45, 2.75) is 20.4 Å². The van der Waals surface area contributed by atoms with Crippen molar-refractivity contribution in [2.75, 3.05) is 66.2 Å². The smallest absolute Gasteiger partial charge is 0.156 e. The van der Waals surface area contributed by atoms with Gasteiger partial charge in [-0.05, 0) is 24.3 Å². The molecular formula is C19H29N7O. The summed E-state index contributed by atoms with van der Waals surface area (Å²) in [5.74, 6) is 2.41. The first kappa shape index (κ1) is 19.0. The van der Waals surface area contributed by atoms with Crippen molar-refractivity contribution in [3.63, 3.8) is 0 Å². The molecule has 4 rings (SSSR count). The molecular weight excluding hydrogens is 342 g/mol. The number of rotatable bonds is 5. The molecule has 3 heterocycles. The van der Waals surface area contributed by atoms with Gasteiger partial charge < -0.3 is 30.9 Å². The van der Waals surface area contributed by atoms with Gasteiger partial charge in [-0.25, -0.2) is 9.97 Å². The number of benzene rings is 1. The first-order chi connectivity index (χ1) is 13.3. The summed E-state index contributed by atoms with van der Waals surface area (Å²) in [6.07, 6.45) is 0. The fourth-order valence-corrected chi connectivity index (χ4v) is 3.07. The van der Waals surface area contributed by atoms with Gasteiger partial charge in [-0.2, -0.15) is 0 Å². The van der Waals surface area contributed by atoms with Crippen LogP contribution in [0.4, 0.5) is 28.7 Å². The monoisotopic (exact) mass is 371 g/mol. The molecule has 1 aromatic heterocycles. The predicted octanol–water partition coefficient (Wildman–Crippen LogP) is 2.79. The highest BCUT2D eigenvalue weighted by Gasteiger charge is 2.17. The van der Waals surface area contributed by atoms with E-state index in [1.165, 1.54) is 5.69 Å². The molecule has 4 N–H and O–H groups in total. The van der Waals surface area contributed by atoms with Crippen molar-refractivity contribution in [1.82, 2.24) is 9.97 Å². The van der Waals surface area contributed by atoms with Crippen molar-refractivity contribution in [3.8, 4) is 0 Å².